The molecule has 0 radical (unpaired) electrons. The van der Waals surface area contributed by atoms with Crippen LogP contribution in [0.1, 0.15) is 39.6 Å². The van der Waals surface area contributed by atoms with Crippen LogP contribution in [0.4, 0.5) is 0 Å². The van der Waals surface area contributed by atoms with Gasteiger partial charge >= 0.3 is 0 Å². The fraction of sp³-hybridized carbons (Fsp3) is 0.278. The Kier molecular flexibility index (Phi) is 3.42. The van der Waals surface area contributed by atoms with E-state index in [9.17, 15) is 4.79 Å². The number of ketones is 1. The lowest BCUT2D eigenvalue weighted by Gasteiger charge is -2.26. The Morgan fingerprint density at radius 2 is 1.90 bits per heavy atom. The first kappa shape index (κ1) is 13.7. The number of fused-ring (bicyclic) bond motifs is 1. The smallest absolute Gasteiger partial charge is 0.170 e. The maximum Gasteiger partial charge on any atom is 0.170 e. The Hall–Kier alpha value is -2.29. The summed E-state index contributed by atoms with van der Waals surface area (Å²) in [5, 5.41) is 0. The van der Waals surface area contributed by atoms with Gasteiger partial charge in [0.15, 0.2) is 5.78 Å². The van der Waals surface area contributed by atoms with Crippen LogP contribution >= 0.6 is 0 Å². The number of aryl methyl sites for hydroxylation is 2. The topological polar surface area (TPSA) is 35.5 Å². The number of methoxy groups -OCH3 is 1. The quantitative estimate of drug-likeness (QED) is 0.834. The number of Topliss-reactive ketones (excluding diaryl/α,β-unsaturated/α-hetero) is 1. The lowest BCUT2D eigenvalue weighted by molar-refractivity contribution is 0.0849. The summed E-state index contributed by atoms with van der Waals surface area (Å²) in [4.78, 5) is 12.3. The predicted molar refractivity (Wildman–Crippen MR) is 81.2 cm³/mol. The van der Waals surface area contributed by atoms with Crippen LogP contribution in [0.2, 0.25) is 0 Å². The first-order chi connectivity index (χ1) is 10.1. The zero-order valence-electron chi connectivity index (χ0n) is 12.5. The molecule has 1 aliphatic rings. The average Bonchev–Trinajstić information content (AvgIpc) is 2.49. The van der Waals surface area contributed by atoms with Crippen molar-refractivity contribution in [2.24, 2.45) is 0 Å². The molecular formula is C18H18O3. The standard InChI is InChI=1S/C18H18O3/c1-11-4-5-13(8-12(11)2)17-10-16(19)15-7-6-14(20-3)9-18(15)21-17/h4-9,17H,10H2,1-3H3. The second kappa shape index (κ2) is 5.24. The third-order valence-corrected chi connectivity index (χ3v) is 4.03. The fourth-order valence-electron chi connectivity index (χ4n) is 2.58. The number of hydrogen-bond acceptors (Lipinski definition) is 3. The van der Waals surface area contributed by atoms with Gasteiger partial charge < -0.3 is 9.47 Å². The fourth-order valence-corrected chi connectivity index (χ4v) is 2.58. The van der Waals surface area contributed by atoms with Crippen LogP contribution < -0.4 is 9.47 Å². The first-order valence-corrected chi connectivity index (χ1v) is 7.03. The van der Waals surface area contributed by atoms with Crippen molar-refractivity contribution in [2.75, 3.05) is 7.11 Å². The van der Waals surface area contributed by atoms with Gasteiger partial charge in [-0.3, -0.25) is 4.79 Å². The molecule has 0 bridgehead atoms. The molecule has 2 aromatic rings. The minimum absolute atomic E-state index is 0.113. The second-order valence-corrected chi connectivity index (χ2v) is 5.44. The molecule has 1 heterocycles. The summed E-state index contributed by atoms with van der Waals surface area (Å²) < 4.78 is 11.2. The summed E-state index contributed by atoms with van der Waals surface area (Å²) in [6, 6.07) is 11.5. The van der Waals surface area contributed by atoms with Crippen molar-refractivity contribution < 1.29 is 14.3 Å². The Balaban J connectivity index is 1.96. The highest BCUT2D eigenvalue weighted by atomic mass is 16.5. The molecule has 0 fully saturated rings. The SMILES string of the molecule is COc1ccc2c(c1)OC(c1ccc(C)c(C)c1)CC2=O. The molecular weight excluding hydrogens is 264 g/mol. The average molecular weight is 282 g/mol. The molecule has 2 aromatic carbocycles. The van der Waals surface area contributed by atoms with Crippen LogP contribution in [0.3, 0.4) is 0 Å². The van der Waals surface area contributed by atoms with Crippen molar-refractivity contribution in [2.45, 2.75) is 26.4 Å². The van der Waals surface area contributed by atoms with Gasteiger partial charge in [-0.15, -0.1) is 0 Å². The highest BCUT2D eigenvalue weighted by Crippen LogP contribution is 2.37. The minimum atomic E-state index is -0.226. The first-order valence-electron chi connectivity index (χ1n) is 7.03. The summed E-state index contributed by atoms with van der Waals surface area (Å²) >= 11 is 0. The van der Waals surface area contributed by atoms with E-state index in [1.165, 1.54) is 11.1 Å². The summed E-state index contributed by atoms with van der Waals surface area (Å²) in [6.45, 7) is 4.15. The van der Waals surface area contributed by atoms with Gasteiger partial charge in [-0.25, -0.2) is 0 Å². The summed E-state index contributed by atoms with van der Waals surface area (Å²) in [5.74, 6) is 1.42. The number of ether oxygens (including phenoxy) is 2. The highest BCUT2D eigenvalue weighted by molar-refractivity contribution is 6.00. The molecule has 1 unspecified atom stereocenters. The minimum Gasteiger partial charge on any atom is -0.497 e. The zero-order valence-corrected chi connectivity index (χ0v) is 12.5. The molecule has 108 valence electrons. The summed E-state index contributed by atoms with van der Waals surface area (Å²) in [6.07, 6.45) is 0.151. The number of hydrogen-bond donors (Lipinski definition) is 0. The van der Waals surface area contributed by atoms with Crippen LogP contribution in [0.15, 0.2) is 36.4 Å². The van der Waals surface area contributed by atoms with E-state index in [0.29, 0.717) is 23.5 Å². The van der Waals surface area contributed by atoms with Gasteiger partial charge in [0.05, 0.1) is 19.1 Å². The van der Waals surface area contributed by atoms with Gasteiger partial charge in [-0.1, -0.05) is 18.2 Å². The van der Waals surface area contributed by atoms with Crippen molar-refractivity contribution in [1.82, 2.24) is 0 Å². The van der Waals surface area contributed by atoms with E-state index in [2.05, 4.69) is 26.0 Å². The molecule has 3 heteroatoms. The Labute approximate surface area is 124 Å². The van der Waals surface area contributed by atoms with Gasteiger partial charge in [0.1, 0.15) is 17.6 Å². The van der Waals surface area contributed by atoms with Crippen molar-refractivity contribution in [3.8, 4) is 11.5 Å². The van der Waals surface area contributed by atoms with Crippen LogP contribution in [0.25, 0.3) is 0 Å². The molecule has 0 N–H and O–H groups in total. The van der Waals surface area contributed by atoms with Gasteiger partial charge in [-0.2, -0.15) is 0 Å². The van der Waals surface area contributed by atoms with Crippen LogP contribution in [-0.4, -0.2) is 12.9 Å². The number of rotatable bonds is 2. The summed E-state index contributed by atoms with van der Waals surface area (Å²) in [5.41, 5.74) is 4.12. The zero-order chi connectivity index (χ0) is 15.0. The molecule has 0 spiro atoms. The molecule has 0 aromatic heterocycles. The van der Waals surface area contributed by atoms with E-state index in [4.69, 9.17) is 9.47 Å². The van der Waals surface area contributed by atoms with E-state index < -0.39 is 0 Å². The van der Waals surface area contributed by atoms with Gasteiger partial charge in [-0.05, 0) is 42.7 Å². The van der Waals surface area contributed by atoms with E-state index in [0.717, 1.165) is 5.56 Å². The van der Waals surface area contributed by atoms with Crippen molar-refractivity contribution in [1.29, 1.82) is 0 Å². The van der Waals surface area contributed by atoms with Crippen LogP contribution in [0, 0.1) is 13.8 Å². The van der Waals surface area contributed by atoms with Crippen molar-refractivity contribution in [3.05, 3.63) is 58.7 Å². The Bertz CT molecular complexity index is 704. The molecule has 0 aliphatic carbocycles. The molecule has 0 saturated heterocycles. The molecule has 21 heavy (non-hydrogen) atoms. The molecule has 0 amide bonds. The molecule has 1 aliphatic heterocycles. The molecule has 0 saturated carbocycles. The largest absolute Gasteiger partial charge is 0.497 e. The number of carbonyl (C=O) groups is 1. The maximum atomic E-state index is 12.3. The molecule has 3 rings (SSSR count). The number of benzene rings is 2. The van der Waals surface area contributed by atoms with Crippen LogP contribution in [0.5, 0.6) is 11.5 Å². The molecule has 3 nitrogen and oxygen atoms in total. The molecule has 1 atom stereocenters. The second-order valence-electron chi connectivity index (χ2n) is 5.44. The van der Waals surface area contributed by atoms with E-state index >= 15 is 0 Å². The highest BCUT2D eigenvalue weighted by Gasteiger charge is 2.28. The van der Waals surface area contributed by atoms with E-state index in [1.54, 1.807) is 25.3 Å². The van der Waals surface area contributed by atoms with Gasteiger partial charge in [0.25, 0.3) is 0 Å². The monoisotopic (exact) mass is 282 g/mol. The third kappa shape index (κ3) is 2.51. The lowest BCUT2D eigenvalue weighted by Crippen LogP contribution is -2.20. The van der Waals surface area contributed by atoms with E-state index in [-0.39, 0.29) is 11.9 Å². The van der Waals surface area contributed by atoms with E-state index in [1.807, 2.05) is 6.07 Å². The lowest BCUT2D eigenvalue weighted by atomic mass is 9.94. The van der Waals surface area contributed by atoms with Crippen molar-refractivity contribution in [3.63, 3.8) is 0 Å². The number of carbonyl (C=O) groups excluding carboxylic acids is 1. The Morgan fingerprint density at radius 1 is 1.10 bits per heavy atom. The predicted octanol–water partition coefficient (Wildman–Crippen LogP) is 4.02. The van der Waals surface area contributed by atoms with Gasteiger partial charge in [0, 0.05) is 6.07 Å². The third-order valence-electron chi connectivity index (χ3n) is 4.03. The van der Waals surface area contributed by atoms with Crippen molar-refractivity contribution >= 4 is 5.78 Å². The van der Waals surface area contributed by atoms with Gasteiger partial charge in [0.2, 0.25) is 0 Å². The summed E-state index contributed by atoms with van der Waals surface area (Å²) in [7, 11) is 1.60. The van der Waals surface area contributed by atoms with Crippen LogP contribution in [-0.2, 0) is 0 Å². The maximum absolute atomic E-state index is 12.3. The Morgan fingerprint density at radius 3 is 2.62 bits per heavy atom. The normalized spacial score (nSPS) is 17.1.